The summed E-state index contributed by atoms with van der Waals surface area (Å²) in [6, 6.07) is 14.7. The average Bonchev–Trinajstić information content (AvgIpc) is 3.24. The molecule has 7 heteroatoms. The van der Waals surface area contributed by atoms with E-state index in [9.17, 15) is 4.21 Å². The molecule has 0 radical (unpaired) electrons. The molecular weight excluding hydrogens is 388 g/mol. The second-order valence-corrected chi connectivity index (χ2v) is 9.39. The van der Waals surface area contributed by atoms with Gasteiger partial charge in [-0.05, 0) is 42.8 Å². The minimum absolute atomic E-state index is 0.434. The van der Waals surface area contributed by atoms with Crippen LogP contribution >= 0.6 is 11.3 Å². The standard InChI is InChI=1S/C21H30N4OS2/c1-2-22-21(23-12-16-28(26)17-18-7-4-3-5-8-18)24-19-10-13-25(14-11-19)20-9-6-15-27-20/h3-9,15,19H,2,10-14,16-17H2,1H3,(H2,22,23,24). The molecule has 1 saturated heterocycles. The molecule has 0 spiro atoms. The van der Waals surface area contributed by atoms with Gasteiger partial charge in [0.2, 0.25) is 0 Å². The number of nitrogens with one attached hydrogen (secondary N) is 2. The molecule has 1 aliphatic rings. The summed E-state index contributed by atoms with van der Waals surface area (Å²) in [6.45, 7) is 5.61. The summed E-state index contributed by atoms with van der Waals surface area (Å²) in [7, 11) is -0.888. The number of benzene rings is 1. The minimum Gasteiger partial charge on any atom is -0.363 e. The van der Waals surface area contributed by atoms with Crippen LogP contribution in [0, 0.1) is 0 Å². The summed E-state index contributed by atoms with van der Waals surface area (Å²) in [4.78, 5) is 7.11. The van der Waals surface area contributed by atoms with Crippen LogP contribution in [0.5, 0.6) is 0 Å². The number of guanidine groups is 1. The summed E-state index contributed by atoms with van der Waals surface area (Å²) in [6.07, 6.45) is 2.20. The average molecular weight is 419 g/mol. The summed E-state index contributed by atoms with van der Waals surface area (Å²) < 4.78 is 12.3. The third-order valence-corrected chi connectivity index (χ3v) is 6.98. The fraction of sp³-hybridized carbons (Fsp3) is 0.476. The van der Waals surface area contributed by atoms with E-state index in [0.717, 1.165) is 44.0 Å². The Hall–Kier alpha value is -1.86. The van der Waals surface area contributed by atoms with Crippen molar-refractivity contribution in [1.82, 2.24) is 10.6 Å². The molecule has 0 saturated carbocycles. The van der Waals surface area contributed by atoms with E-state index in [0.29, 0.717) is 24.1 Å². The number of hydrogen-bond acceptors (Lipinski definition) is 4. The van der Waals surface area contributed by atoms with Crippen LogP contribution in [0.4, 0.5) is 5.00 Å². The van der Waals surface area contributed by atoms with Crippen molar-refractivity contribution in [2.75, 3.05) is 36.8 Å². The van der Waals surface area contributed by atoms with Gasteiger partial charge in [-0.15, -0.1) is 11.3 Å². The fourth-order valence-electron chi connectivity index (χ4n) is 3.30. The molecule has 2 aromatic rings. The van der Waals surface area contributed by atoms with E-state index in [-0.39, 0.29) is 0 Å². The van der Waals surface area contributed by atoms with Crippen LogP contribution in [0.3, 0.4) is 0 Å². The van der Waals surface area contributed by atoms with Gasteiger partial charge >= 0.3 is 0 Å². The van der Waals surface area contributed by atoms with E-state index in [2.05, 4.69) is 45.0 Å². The predicted molar refractivity (Wildman–Crippen MR) is 122 cm³/mol. The third kappa shape index (κ3) is 6.63. The van der Waals surface area contributed by atoms with Gasteiger partial charge in [0.1, 0.15) is 0 Å². The third-order valence-electron chi connectivity index (χ3n) is 4.76. The van der Waals surface area contributed by atoms with Crippen molar-refractivity contribution in [3.63, 3.8) is 0 Å². The smallest absolute Gasteiger partial charge is 0.191 e. The van der Waals surface area contributed by atoms with E-state index in [1.54, 1.807) is 0 Å². The lowest BCUT2D eigenvalue weighted by Gasteiger charge is -2.33. The van der Waals surface area contributed by atoms with Gasteiger partial charge in [-0.1, -0.05) is 30.3 Å². The lowest BCUT2D eigenvalue weighted by molar-refractivity contribution is 0.463. The Kier molecular flexibility index (Phi) is 8.36. The van der Waals surface area contributed by atoms with Crippen LogP contribution in [0.25, 0.3) is 0 Å². The molecule has 1 fully saturated rings. The van der Waals surface area contributed by atoms with Gasteiger partial charge in [-0.2, -0.15) is 0 Å². The number of rotatable bonds is 8. The molecule has 2 heterocycles. The first-order valence-corrected chi connectivity index (χ1v) is 12.3. The number of hydrogen-bond donors (Lipinski definition) is 2. The number of piperidine rings is 1. The minimum atomic E-state index is -0.888. The molecule has 1 aromatic heterocycles. The van der Waals surface area contributed by atoms with Gasteiger partial charge in [0.05, 0.1) is 11.5 Å². The van der Waals surface area contributed by atoms with Gasteiger partial charge in [0.25, 0.3) is 0 Å². The van der Waals surface area contributed by atoms with E-state index in [1.165, 1.54) is 5.00 Å². The van der Waals surface area contributed by atoms with Crippen LogP contribution < -0.4 is 15.5 Å². The highest BCUT2D eigenvalue weighted by atomic mass is 32.2. The van der Waals surface area contributed by atoms with Crippen LogP contribution in [-0.4, -0.2) is 48.1 Å². The lowest BCUT2D eigenvalue weighted by atomic mass is 10.1. The Morgan fingerprint density at radius 1 is 1.21 bits per heavy atom. The van der Waals surface area contributed by atoms with Gasteiger partial charge in [0, 0.05) is 48.0 Å². The van der Waals surface area contributed by atoms with Crippen molar-refractivity contribution in [1.29, 1.82) is 0 Å². The molecule has 2 N–H and O–H groups in total. The lowest BCUT2D eigenvalue weighted by Crippen LogP contribution is -2.48. The van der Waals surface area contributed by atoms with Crippen LogP contribution in [0.1, 0.15) is 25.3 Å². The van der Waals surface area contributed by atoms with Crippen molar-refractivity contribution in [3.8, 4) is 0 Å². The Balaban J connectivity index is 1.43. The number of anilines is 1. The Morgan fingerprint density at radius 2 is 2.00 bits per heavy atom. The second-order valence-electron chi connectivity index (χ2n) is 6.89. The number of thiophene rings is 1. The highest BCUT2D eigenvalue weighted by Crippen LogP contribution is 2.24. The molecule has 1 aliphatic heterocycles. The molecule has 1 unspecified atom stereocenters. The Bertz CT molecular complexity index is 741. The Labute approximate surface area is 174 Å². The largest absolute Gasteiger partial charge is 0.363 e. The number of nitrogens with zero attached hydrogens (tertiary/aromatic N) is 2. The normalized spacial score (nSPS) is 16.8. The molecule has 0 amide bonds. The van der Waals surface area contributed by atoms with Crippen LogP contribution in [0.2, 0.25) is 0 Å². The molecule has 3 rings (SSSR count). The molecule has 152 valence electrons. The summed E-state index contributed by atoms with van der Waals surface area (Å²) in [5.41, 5.74) is 1.12. The monoisotopic (exact) mass is 418 g/mol. The first-order chi connectivity index (χ1) is 13.7. The zero-order valence-electron chi connectivity index (χ0n) is 16.5. The van der Waals surface area contributed by atoms with Crippen molar-refractivity contribution in [2.45, 2.75) is 31.6 Å². The van der Waals surface area contributed by atoms with E-state index in [1.807, 2.05) is 41.7 Å². The van der Waals surface area contributed by atoms with Crippen LogP contribution in [0.15, 0.2) is 52.8 Å². The topological polar surface area (TPSA) is 56.7 Å². The molecule has 1 atom stereocenters. The maximum atomic E-state index is 12.3. The maximum Gasteiger partial charge on any atom is 0.191 e. The predicted octanol–water partition coefficient (Wildman–Crippen LogP) is 3.22. The number of aliphatic imine (C=N–C) groups is 1. The fourth-order valence-corrected chi connectivity index (χ4v) is 5.09. The highest BCUT2D eigenvalue weighted by Gasteiger charge is 2.20. The summed E-state index contributed by atoms with van der Waals surface area (Å²) >= 11 is 1.81. The van der Waals surface area contributed by atoms with Gasteiger partial charge < -0.3 is 15.5 Å². The molecule has 0 bridgehead atoms. The second kappa shape index (κ2) is 11.2. The first-order valence-electron chi connectivity index (χ1n) is 9.97. The van der Waals surface area contributed by atoms with Gasteiger partial charge in [-0.25, -0.2) is 0 Å². The maximum absolute atomic E-state index is 12.3. The molecular formula is C21H30N4OS2. The van der Waals surface area contributed by atoms with Crippen molar-refractivity contribution in [3.05, 3.63) is 53.4 Å². The highest BCUT2D eigenvalue weighted by molar-refractivity contribution is 7.84. The van der Waals surface area contributed by atoms with E-state index in [4.69, 9.17) is 0 Å². The van der Waals surface area contributed by atoms with Crippen molar-refractivity contribution >= 4 is 33.1 Å². The summed E-state index contributed by atoms with van der Waals surface area (Å²) in [5.74, 6) is 2.03. The first kappa shape index (κ1) is 20.9. The van der Waals surface area contributed by atoms with Crippen molar-refractivity contribution in [2.24, 2.45) is 4.99 Å². The molecule has 5 nitrogen and oxygen atoms in total. The molecule has 1 aromatic carbocycles. The summed E-state index contributed by atoms with van der Waals surface area (Å²) in [5, 5.41) is 10.4. The van der Waals surface area contributed by atoms with E-state index < -0.39 is 10.8 Å². The zero-order valence-corrected chi connectivity index (χ0v) is 18.1. The SMILES string of the molecule is CCNC(=NCCS(=O)Cc1ccccc1)NC1CCN(c2cccs2)CC1. The zero-order chi connectivity index (χ0) is 19.6. The van der Waals surface area contributed by atoms with Crippen molar-refractivity contribution < 1.29 is 4.21 Å². The van der Waals surface area contributed by atoms with Crippen LogP contribution in [-0.2, 0) is 16.6 Å². The van der Waals surface area contributed by atoms with Gasteiger partial charge in [0.15, 0.2) is 5.96 Å². The molecule has 0 aliphatic carbocycles. The van der Waals surface area contributed by atoms with E-state index >= 15 is 0 Å². The van der Waals surface area contributed by atoms with Gasteiger partial charge in [-0.3, -0.25) is 9.20 Å². The quantitative estimate of drug-likeness (QED) is 0.511. The molecule has 28 heavy (non-hydrogen) atoms. The Morgan fingerprint density at radius 3 is 2.68 bits per heavy atom.